The Kier molecular flexibility index (Phi) is 6.08. The molecule has 0 radical (unpaired) electrons. The molecule has 116 valence electrons. The lowest BCUT2D eigenvalue weighted by atomic mass is 10.2. The fourth-order valence-corrected chi connectivity index (χ4v) is 2.33. The maximum atomic E-state index is 5.67. The second kappa shape index (κ2) is 8.05. The molecule has 0 saturated heterocycles. The average molecular weight is 291 g/mol. The summed E-state index contributed by atoms with van der Waals surface area (Å²) in [6.07, 6.45) is 2.88. The van der Waals surface area contributed by atoms with Gasteiger partial charge in [-0.25, -0.2) is 0 Å². The number of aromatic nitrogens is 1. The molecule has 0 aliphatic carbocycles. The number of hydrogen-bond acceptors (Lipinski definition) is 3. The third-order valence-electron chi connectivity index (χ3n) is 3.27. The quantitative estimate of drug-likeness (QED) is 0.658. The van der Waals surface area contributed by atoms with Gasteiger partial charge >= 0.3 is 0 Å². The minimum absolute atomic E-state index is 0.202. The van der Waals surface area contributed by atoms with E-state index in [1.54, 1.807) is 0 Å². The molecule has 21 heavy (non-hydrogen) atoms. The minimum atomic E-state index is -0.202. The van der Waals surface area contributed by atoms with Crippen LogP contribution in [0.15, 0.2) is 30.5 Å². The number of rotatable bonds is 9. The summed E-state index contributed by atoms with van der Waals surface area (Å²) in [6.45, 7) is 8.83. The standard InChI is InChI=1S/C17H25NO3/c1-4-11-21-15-7-8-16-14(12-15)9-10-18(16)13-17(19-5-2)20-6-3/h7-10,12,17H,4-6,11,13H2,1-3H3. The smallest absolute Gasteiger partial charge is 0.175 e. The summed E-state index contributed by atoms with van der Waals surface area (Å²) in [7, 11) is 0. The first-order valence-electron chi connectivity index (χ1n) is 7.73. The maximum absolute atomic E-state index is 5.67. The zero-order valence-corrected chi connectivity index (χ0v) is 13.2. The first-order valence-corrected chi connectivity index (χ1v) is 7.73. The topological polar surface area (TPSA) is 32.6 Å². The van der Waals surface area contributed by atoms with Crippen molar-refractivity contribution in [1.29, 1.82) is 0 Å². The molecular formula is C17H25NO3. The summed E-state index contributed by atoms with van der Waals surface area (Å²) < 4.78 is 19.1. The van der Waals surface area contributed by atoms with Crippen LogP contribution in [0.4, 0.5) is 0 Å². The van der Waals surface area contributed by atoms with E-state index in [4.69, 9.17) is 14.2 Å². The minimum Gasteiger partial charge on any atom is -0.494 e. The highest BCUT2D eigenvalue weighted by atomic mass is 16.7. The van der Waals surface area contributed by atoms with Gasteiger partial charge in [0.25, 0.3) is 0 Å². The highest BCUT2D eigenvalue weighted by Gasteiger charge is 2.11. The largest absolute Gasteiger partial charge is 0.494 e. The van der Waals surface area contributed by atoms with E-state index in [1.807, 2.05) is 19.9 Å². The van der Waals surface area contributed by atoms with Crippen molar-refractivity contribution in [1.82, 2.24) is 4.57 Å². The average Bonchev–Trinajstić information content (AvgIpc) is 2.88. The molecule has 0 fully saturated rings. The van der Waals surface area contributed by atoms with Gasteiger partial charge in [-0.05, 0) is 44.5 Å². The SMILES string of the molecule is CCCOc1ccc2c(ccn2CC(OCC)OCC)c1. The number of ether oxygens (including phenoxy) is 3. The van der Waals surface area contributed by atoms with Crippen LogP contribution in [0.25, 0.3) is 10.9 Å². The van der Waals surface area contributed by atoms with E-state index in [9.17, 15) is 0 Å². The molecule has 0 atom stereocenters. The predicted molar refractivity (Wildman–Crippen MR) is 84.8 cm³/mol. The zero-order chi connectivity index (χ0) is 15.1. The van der Waals surface area contributed by atoms with Crippen LogP contribution in [0.2, 0.25) is 0 Å². The summed E-state index contributed by atoms with van der Waals surface area (Å²) in [5, 5.41) is 1.18. The third kappa shape index (κ3) is 4.22. The van der Waals surface area contributed by atoms with Gasteiger partial charge in [0.2, 0.25) is 0 Å². The number of nitrogens with zero attached hydrogens (tertiary/aromatic N) is 1. The lowest BCUT2D eigenvalue weighted by Gasteiger charge is -2.18. The van der Waals surface area contributed by atoms with Gasteiger partial charge in [-0.15, -0.1) is 0 Å². The van der Waals surface area contributed by atoms with Gasteiger partial charge in [-0.3, -0.25) is 0 Å². The molecule has 2 aromatic rings. The number of fused-ring (bicyclic) bond motifs is 1. The number of benzene rings is 1. The van der Waals surface area contributed by atoms with Crippen molar-refractivity contribution in [2.45, 2.75) is 40.0 Å². The van der Waals surface area contributed by atoms with Crippen molar-refractivity contribution in [3.8, 4) is 5.75 Å². The van der Waals surface area contributed by atoms with Crippen molar-refractivity contribution in [2.75, 3.05) is 19.8 Å². The molecule has 0 spiro atoms. The van der Waals surface area contributed by atoms with Crippen molar-refractivity contribution >= 4 is 10.9 Å². The van der Waals surface area contributed by atoms with Gasteiger partial charge in [0, 0.05) is 30.3 Å². The molecule has 0 saturated carbocycles. The Hall–Kier alpha value is -1.52. The van der Waals surface area contributed by atoms with Gasteiger partial charge in [-0.1, -0.05) is 6.92 Å². The van der Waals surface area contributed by atoms with E-state index in [0.29, 0.717) is 19.8 Å². The molecule has 4 heteroatoms. The van der Waals surface area contributed by atoms with Crippen LogP contribution in [0, 0.1) is 0 Å². The van der Waals surface area contributed by atoms with E-state index >= 15 is 0 Å². The van der Waals surface area contributed by atoms with Crippen LogP contribution >= 0.6 is 0 Å². The Morgan fingerprint density at radius 2 is 1.81 bits per heavy atom. The van der Waals surface area contributed by atoms with Crippen LogP contribution in [-0.2, 0) is 16.0 Å². The Bertz CT molecular complexity index is 544. The second-order valence-electron chi connectivity index (χ2n) is 4.88. The summed E-state index contributed by atoms with van der Waals surface area (Å²) in [5.74, 6) is 0.924. The van der Waals surface area contributed by atoms with Gasteiger partial charge in [0.15, 0.2) is 6.29 Å². The molecule has 1 aromatic carbocycles. The van der Waals surface area contributed by atoms with Crippen LogP contribution in [0.3, 0.4) is 0 Å². The molecule has 0 N–H and O–H groups in total. The van der Waals surface area contributed by atoms with Crippen molar-refractivity contribution in [3.63, 3.8) is 0 Å². The molecule has 0 amide bonds. The number of hydrogen-bond donors (Lipinski definition) is 0. The monoisotopic (exact) mass is 291 g/mol. The van der Waals surface area contributed by atoms with Crippen molar-refractivity contribution in [3.05, 3.63) is 30.5 Å². The predicted octanol–water partition coefficient (Wildman–Crippen LogP) is 3.83. The summed E-state index contributed by atoms with van der Waals surface area (Å²) in [6, 6.07) is 8.29. The van der Waals surface area contributed by atoms with Gasteiger partial charge in [0.1, 0.15) is 5.75 Å². The fourth-order valence-electron chi connectivity index (χ4n) is 2.33. The molecule has 1 aromatic heterocycles. The Morgan fingerprint density at radius 3 is 2.48 bits per heavy atom. The van der Waals surface area contributed by atoms with Crippen LogP contribution < -0.4 is 4.74 Å². The normalized spacial score (nSPS) is 11.4. The van der Waals surface area contributed by atoms with E-state index in [-0.39, 0.29) is 6.29 Å². The molecular weight excluding hydrogens is 266 g/mol. The maximum Gasteiger partial charge on any atom is 0.175 e. The molecule has 4 nitrogen and oxygen atoms in total. The zero-order valence-electron chi connectivity index (χ0n) is 13.2. The lowest BCUT2D eigenvalue weighted by molar-refractivity contribution is -0.143. The Balaban J connectivity index is 2.13. The fraction of sp³-hybridized carbons (Fsp3) is 0.529. The second-order valence-corrected chi connectivity index (χ2v) is 4.88. The van der Waals surface area contributed by atoms with E-state index < -0.39 is 0 Å². The molecule has 0 aliphatic rings. The van der Waals surface area contributed by atoms with Gasteiger partial charge < -0.3 is 18.8 Å². The Morgan fingerprint density at radius 1 is 1.05 bits per heavy atom. The summed E-state index contributed by atoms with van der Waals surface area (Å²) in [5.41, 5.74) is 1.17. The molecule has 0 bridgehead atoms. The van der Waals surface area contributed by atoms with E-state index in [2.05, 4.69) is 35.9 Å². The summed E-state index contributed by atoms with van der Waals surface area (Å²) in [4.78, 5) is 0. The van der Waals surface area contributed by atoms with Crippen LogP contribution in [0.1, 0.15) is 27.2 Å². The van der Waals surface area contributed by atoms with Crippen LogP contribution in [-0.4, -0.2) is 30.7 Å². The van der Waals surface area contributed by atoms with Crippen LogP contribution in [0.5, 0.6) is 5.75 Å². The van der Waals surface area contributed by atoms with Gasteiger partial charge in [0.05, 0.1) is 13.2 Å². The van der Waals surface area contributed by atoms with E-state index in [1.165, 1.54) is 10.9 Å². The Labute approximate surface area is 126 Å². The first-order chi connectivity index (χ1) is 10.3. The summed E-state index contributed by atoms with van der Waals surface area (Å²) >= 11 is 0. The lowest BCUT2D eigenvalue weighted by Crippen LogP contribution is -2.23. The third-order valence-corrected chi connectivity index (χ3v) is 3.27. The van der Waals surface area contributed by atoms with Gasteiger partial charge in [-0.2, -0.15) is 0 Å². The molecule has 1 heterocycles. The molecule has 0 unspecified atom stereocenters. The highest BCUT2D eigenvalue weighted by molar-refractivity contribution is 5.81. The molecule has 0 aliphatic heterocycles. The highest BCUT2D eigenvalue weighted by Crippen LogP contribution is 2.22. The van der Waals surface area contributed by atoms with Crippen molar-refractivity contribution < 1.29 is 14.2 Å². The molecule has 2 rings (SSSR count). The van der Waals surface area contributed by atoms with E-state index in [0.717, 1.165) is 18.8 Å². The first kappa shape index (κ1) is 15.9. The van der Waals surface area contributed by atoms with Crippen molar-refractivity contribution in [2.24, 2.45) is 0 Å².